The molecule has 0 radical (unpaired) electrons. The Labute approximate surface area is 189 Å². The van der Waals surface area contributed by atoms with E-state index in [-0.39, 0.29) is 38.2 Å². The number of carbonyl (C=O) groups is 6. The number of nitrogens with one attached hydrogen (secondary N) is 3. The van der Waals surface area contributed by atoms with E-state index in [9.17, 15) is 28.8 Å². The summed E-state index contributed by atoms with van der Waals surface area (Å²) in [6.07, 6.45) is -0.592. The number of amides is 5. The molecule has 0 aromatic carbocycles. The van der Waals surface area contributed by atoms with Gasteiger partial charge in [-0.3, -0.25) is 33.8 Å². The summed E-state index contributed by atoms with van der Waals surface area (Å²) in [5.74, 6) is -5.72. The van der Waals surface area contributed by atoms with Gasteiger partial charge in [0.05, 0.1) is 12.5 Å². The molecule has 0 rings (SSSR count). The van der Waals surface area contributed by atoms with Crippen LogP contribution in [0.2, 0.25) is 0 Å². The molecule has 5 amide bonds. The molecule has 0 bridgehead atoms. The third kappa shape index (κ3) is 13.9. The predicted octanol–water partition coefficient (Wildman–Crippen LogP) is -5.32. The third-order valence-electron chi connectivity index (χ3n) is 4.07. The number of aliphatic carboxylic acids is 1. The van der Waals surface area contributed by atoms with E-state index in [1.807, 2.05) is 5.32 Å². The smallest absolute Gasteiger partial charge is 0.322 e. The van der Waals surface area contributed by atoms with Crippen molar-refractivity contribution in [3.05, 3.63) is 0 Å². The van der Waals surface area contributed by atoms with Crippen LogP contribution in [0.25, 0.3) is 0 Å². The Morgan fingerprint density at radius 2 is 1.42 bits per heavy atom. The van der Waals surface area contributed by atoms with Crippen LogP contribution in [0, 0.1) is 0 Å². The summed E-state index contributed by atoms with van der Waals surface area (Å²) in [4.78, 5) is 73.8. The molecule has 186 valence electrons. The molecule has 0 aromatic rings. The number of nitrogens with two attached hydrogens (primary N) is 5. The van der Waals surface area contributed by atoms with Crippen LogP contribution in [0.4, 0.5) is 0 Å². The van der Waals surface area contributed by atoms with Gasteiger partial charge in [-0.05, 0) is 19.3 Å². The predicted molar refractivity (Wildman–Crippen MR) is 115 cm³/mol. The second-order valence-corrected chi connectivity index (χ2v) is 6.96. The van der Waals surface area contributed by atoms with Crippen molar-refractivity contribution < 1.29 is 33.9 Å². The fourth-order valence-corrected chi connectivity index (χ4v) is 2.45. The number of guanidine groups is 1. The minimum Gasteiger partial charge on any atom is -0.480 e. The van der Waals surface area contributed by atoms with Gasteiger partial charge >= 0.3 is 5.97 Å². The minimum absolute atomic E-state index is 0.0108. The molecule has 14 N–H and O–H groups in total. The summed E-state index contributed by atoms with van der Waals surface area (Å²) in [5.41, 5.74) is 26.3. The second-order valence-electron chi connectivity index (χ2n) is 6.96. The van der Waals surface area contributed by atoms with E-state index in [0.29, 0.717) is 0 Å². The van der Waals surface area contributed by atoms with Gasteiger partial charge in [0.15, 0.2) is 5.96 Å². The van der Waals surface area contributed by atoms with Crippen LogP contribution in [-0.4, -0.2) is 77.8 Å². The molecule has 0 aliphatic heterocycles. The Kier molecular flexibility index (Phi) is 13.2. The number of carboxylic acids is 1. The summed E-state index contributed by atoms with van der Waals surface area (Å²) in [6, 6.07) is -3.87. The maximum Gasteiger partial charge on any atom is 0.322 e. The summed E-state index contributed by atoms with van der Waals surface area (Å²) in [7, 11) is 0. The van der Waals surface area contributed by atoms with Crippen LogP contribution in [-0.2, 0) is 28.8 Å². The molecular formula is C17H31N9O7. The van der Waals surface area contributed by atoms with Gasteiger partial charge < -0.3 is 49.7 Å². The van der Waals surface area contributed by atoms with E-state index in [1.54, 1.807) is 0 Å². The van der Waals surface area contributed by atoms with Crippen LogP contribution in [0.15, 0.2) is 4.99 Å². The first kappa shape index (κ1) is 29.0. The average molecular weight is 473 g/mol. The molecule has 16 heteroatoms. The van der Waals surface area contributed by atoms with E-state index >= 15 is 0 Å². The first-order valence-electron chi connectivity index (χ1n) is 9.81. The van der Waals surface area contributed by atoms with Gasteiger partial charge in [0.2, 0.25) is 29.5 Å². The Bertz CT molecular complexity index is 768. The van der Waals surface area contributed by atoms with Crippen molar-refractivity contribution in [3.63, 3.8) is 0 Å². The summed E-state index contributed by atoms with van der Waals surface area (Å²) in [6.45, 7) is -0.628. The number of nitrogens with zero attached hydrogens (tertiary/aromatic N) is 1. The highest BCUT2D eigenvalue weighted by Crippen LogP contribution is 2.03. The third-order valence-corrected chi connectivity index (χ3v) is 4.07. The number of carbonyl (C=O) groups excluding carboxylic acids is 5. The van der Waals surface area contributed by atoms with Crippen LogP contribution < -0.4 is 44.6 Å². The summed E-state index contributed by atoms with van der Waals surface area (Å²) >= 11 is 0. The number of aliphatic imine (C=N–C) groups is 1. The fraction of sp³-hybridized carbons (Fsp3) is 0.588. The van der Waals surface area contributed by atoms with E-state index in [0.717, 1.165) is 0 Å². The number of carboxylic acid groups (broad SMARTS) is 1. The molecule has 0 aromatic heterocycles. The minimum atomic E-state index is -1.49. The first-order valence-corrected chi connectivity index (χ1v) is 9.81. The molecule has 3 atom stereocenters. The summed E-state index contributed by atoms with van der Waals surface area (Å²) < 4.78 is 0. The zero-order chi connectivity index (χ0) is 25.6. The van der Waals surface area contributed by atoms with Gasteiger partial charge in [-0.1, -0.05) is 0 Å². The van der Waals surface area contributed by atoms with E-state index in [1.165, 1.54) is 0 Å². The normalized spacial score (nSPS) is 13.0. The second kappa shape index (κ2) is 15.0. The molecular weight excluding hydrogens is 442 g/mol. The van der Waals surface area contributed by atoms with Crippen molar-refractivity contribution in [2.24, 2.45) is 33.7 Å². The Balaban J connectivity index is 5.37. The van der Waals surface area contributed by atoms with Crippen molar-refractivity contribution in [2.75, 3.05) is 13.1 Å². The lowest BCUT2D eigenvalue weighted by molar-refractivity contribution is -0.138. The zero-order valence-corrected chi connectivity index (χ0v) is 17.9. The van der Waals surface area contributed by atoms with Crippen molar-refractivity contribution in [3.8, 4) is 0 Å². The highest BCUT2D eigenvalue weighted by Gasteiger charge is 2.29. The van der Waals surface area contributed by atoms with Crippen molar-refractivity contribution in [1.29, 1.82) is 0 Å². The lowest BCUT2D eigenvalue weighted by atomic mass is 10.1. The Morgan fingerprint density at radius 1 is 0.818 bits per heavy atom. The van der Waals surface area contributed by atoms with Crippen molar-refractivity contribution in [2.45, 2.75) is 50.2 Å². The van der Waals surface area contributed by atoms with E-state index in [2.05, 4.69) is 15.6 Å². The number of primary amides is 2. The molecule has 0 saturated heterocycles. The lowest BCUT2D eigenvalue weighted by Crippen LogP contribution is -2.56. The summed E-state index contributed by atoms with van der Waals surface area (Å²) in [5, 5.41) is 15.4. The molecule has 0 fully saturated rings. The molecule has 0 aliphatic carbocycles. The van der Waals surface area contributed by atoms with Gasteiger partial charge in [-0.15, -0.1) is 0 Å². The SMILES string of the molecule is NC(=O)CCC(N)C(=O)NC(CCCN=C(N)N)C(=O)NC(CC(N)=O)C(=O)NCC(=O)O. The molecule has 0 aliphatic rings. The van der Waals surface area contributed by atoms with E-state index < -0.39 is 66.6 Å². The maximum absolute atomic E-state index is 12.8. The monoisotopic (exact) mass is 473 g/mol. The zero-order valence-electron chi connectivity index (χ0n) is 17.9. The number of hydrogen-bond acceptors (Lipinski definition) is 8. The molecule has 33 heavy (non-hydrogen) atoms. The maximum atomic E-state index is 12.8. The van der Waals surface area contributed by atoms with Gasteiger partial charge in [-0.2, -0.15) is 0 Å². The van der Waals surface area contributed by atoms with Crippen LogP contribution in [0.5, 0.6) is 0 Å². The van der Waals surface area contributed by atoms with Crippen molar-refractivity contribution >= 4 is 41.5 Å². The number of rotatable bonds is 16. The number of hydrogen-bond donors (Lipinski definition) is 9. The van der Waals surface area contributed by atoms with E-state index in [4.69, 9.17) is 33.8 Å². The standard InChI is InChI=1S/C17H31N9O7/c18-8(3-4-11(19)27)14(31)25-9(2-1-5-23-17(21)22)16(33)26-10(6-12(20)28)15(32)24-7-13(29)30/h8-10H,1-7,18H2,(H2,19,27)(H2,20,28)(H,24,32)(H,25,31)(H,26,33)(H,29,30)(H4,21,22,23). The molecule has 0 saturated carbocycles. The Hall–Kier alpha value is -3.95. The highest BCUT2D eigenvalue weighted by molar-refractivity contribution is 5.95. The van der Waals surface area contributed by atoms with Crippen LogP contribution in [0.1, 0.15) is 32.1 Å². The van der Waals surface area contributed by atoms with Crippen LogP contribution >= 0.6 is 0 Å². The van der Waals surface area contributed by atoms with Gasteiger partial charge in [0, 0.05) is 13.0 Å². The Morgan fingerprint density at radius 3 is 1.94 bits per heavy atom. The van der Waals surface area contributed by atoms with Gasteiger partial charge in [0.25, 0.3) is 0 Å². The van der Waals surface area contributed by atoms with Gasteiger partial charge in [-0.25, -0.2) is 0 Å². The lowest BCUT2D eigenvalue weighted by Gasteiger charge is -2.23. The molecule has 3 unspecified atom stereocenters. The largest absolute Gasteiger partial charge is 0.480 e. The topological polar surface area (TPSA) is 301 Å². The molecule has 16 nitrogen and oxygen atoms in total. The fourth-order valence-electron chi connectivity index (χ4n) is 2.45. The highest BCUT2D eigenvalue weighted by atomic mass is 16.4. The van der Waals surface area contributed by atoms with Gasteiger partial charge in [0.1, 0.15) is 18.6 Å². The first-order chi connectivity index (χ1) is 15.3. The molecule has 0 spiro atoms. The average Bonchev–Trinajstić information content (AvgIpc) is 2.70. The van der Waals surface area contributed by atoms with Crippen molar-refractivity contribution in [1.82, 2.24) is 16.0 Å². The van der Waals surface area contributed by atoms with Crippen LogP contribution in [0.3, 0.4) is 0 Å². The quantitative estimate of drug-likeness (QED) is 0.0582. The molecule has 0 heterocycles.